The first-order chi connectivity index (χ1) is 11.0. The molecule has 0 amide bonds. The van der Waals surface area contributed by atoms with Gasteiger partial charge in [-0.3, -0.25) is 0 Å². The molecule has 0 fully saturated rings. The second-order valence-corrected chi connectivity index (χ2v) is 5.86. The number of aromatic nitrogens is 2. The minimum atomic E-state index is -0.893. The molecular formula is C19H20N2O2. The highest BCUT2D eigenvalue weighted by atomic mass is 16.4. The average molecular weight is 308 g/mol. The molecule has 4 nitrogen and oxygen atoms in total. The molecule has 0 saturated carbocycles. The summed E-state index contributed by atoms with van der Waals surface area (Å²) in [5, 5.41) is 9.39. The summed E-state index contributed by atoms with van der Waals surface area (Å²) >= 11 is 0. The maximum absolute atomic E-state index is 11.4. The van der Waals surface area contributed by atoms with Gasteiger partial charge in [0.1, 0.15) is 5.82 Å². The second kappa shape index (κ2) is 5.88. The van der Waals surface area contributed by atoms with Gasteiger partial charge >= 0.3 is 5.97 Å². The van der Waals surface area contributed by atoms with E-state index in [-0.39, 0.29) is 0 Å². The van der Waals surface area contributed by atoms with Gasteiger partial charge in [-0.05, 0) is 48.7 Å². The third-order valence-electron chi connectivity index (χ3n) is 4.34. The van der Waals surface area contributed by atoms with Crippen molar-refractivity contribution in [1.29, 1.82) is 0 Å². The smallest absolute Gasteiger partial charge is 0.336 e. The third-order valence-corrected chi connectivity index (χ3v) is 4.34. The van der Waals surface area contributed by atoms with E-state index >= 15 is 0 Å². The predicted molar refractivity (Wildman–Crippen MR) is 91.1 cm³/mol. The summed E-state index contributed by atoms with van der Waals surface area (Å²) < 4.78 is 2.13. The molecule has 0 unspecified atom stereocenters. The van der Waals surface area contributed by atoms with Crippen molar-refractivity contribution in [3.8, 4) is 0 Å². The van der Waals surface area contributed by atoms with Crippen LogP contribution in [0.15, 0.2) is 36.4 Å². The zero-order valence-electron chi connectivity index (χ0n) is 13.6. The van der Waals surface area contributed by atoms with Crippen molar-refractivity contribution in [3.05, 3.63) is 64.5 Å². The van der Waals surface area contributed by atoms with Crippen molar-refractivity contribution in [2.75, 3.05) is 0 Å². The van der Waals surface area contributed by atoms with Gasteiger partial charge in [0.25, 0.3) is 0 Å². The predicted octanol–water partition coefficient (Wildman–Crippen LogP) is 3.96. The Morgan fingerprint density at radius 1 is 1.17 bits per heavy atom. The lowest BCUT2D eigenvalue weighted by Crippen LogP contribution is -2.09. The zero-order valence-corrected chi connectivity index (χ0v) is 13.6. The summed E-state index contributed by atoms with van der Waals surface area (Å²) in [5.74, 6) is 0.0836. The Hall–Kier alpha value is -2.62. The van der Waals surface area contributed by atoms with E-state index in [2.05, 4.69) is 37.5 Å². The van der Waals surface area contributed by atoms with E-state index in [4.69, 9.17) is 4.98 Å². The minimum Gasteiger partial charge on any atom is -0.478 e. The van der Waals surface area contributed by atoms with Gasteiger partial charge < -0.3 is 9.67 Å². The number of rotatable bonds is 4. The van der Waals surface area contributed by atoms with Crippen LogP contribution in [0.3, 0.4) is 0 Å². The van der Waals surface area contributed by atoms with Gasteiger partial charge in [0.15, 0.2) is 0 Å². The number of fused-ring (bicyclic) bond motifs is 1. The van der Waals surface area contributed by atoms with Crippen LogP contribution in [0, 0.1) is 13.8 Å². The standard InChI is InChI=1S/C19H20N2O2/c1-4-18-20-16-9-12(2)13(3)10-17(16)21(18)11-14-7-5-6-8-15(14)19(22)23/h5-10H,4,11H2,1-3H3,(H,22,23). The molecule has 0 saturated heterocycles. The molecule has 0 atom stereocenters. The molecule has 0 spiro atoms. The molecule has 1 N–H and O–H groups in total. The van der Waals surface area contributed by atoms with E-state index in [1.807, 2.05) is 12.1 Å². The molecule has 0 aliphatic rings. The molecule has 23 heavy (non-hydrogen) atoms. The van der Waals surface area contributed by atoms with Gasteiger partial charge in [0.05, 0.1) is 23.1 Å². The Bertz CT molecular complexity index is 894. The SMILES string of the molecule is CCc1nc2cc(C)c(C)cc2n1Cc1ccccc1C(=O)O. The highest BCUT2D eigenvalue weighted by Gasteiger charge is 2.14. The van der Waals surface area contributed by atoms with Crippen molar-refractivity contribution in [2.45, 2.75) is 33.7 Å². The van der Waals surface area contributed by atoms with E-state index < -0.39 is 5.97 Å². The van der Waals surface area contributed by atoms with Crippen LogP contribution >= 0.6 is 0 Å². The molecule has 1 aromatic heterocycles. The Labute approximate surface area is 135 Å². The maximum atomic E-state index is 11.4. The lowest BCUT2D eigenvalue weighted by atomic mass is 10.1. The molecule has 0 bridgehead atoms. The van der Waals surface area contributed by atoms with Crippen LogP contribution < -0.4 is 0 Å². The monoisotopic (exact) mass is 308 g/mol. The fourth-order valence-electron chi connectivity index (χ4n) is 2.91. The number of hydrogen-bond donors (Lipinski definition) is 1. The first-order valence-corrected chi connectivity index (χ1v) is 7.78. The molecule has 3 aromatic rings. The molecule has 118 valence electrons. The summed E-state index contributed by atoms with van der Waals surface area (Å²) in [6.45, 7) is 6.76. The largest absolute Gasteiger partial charge is 0.478 e. The van der Waals surface area contributed by atoms with Crippen molar-refractivity contribution in [1.82, 2.24) is 9.55 Å². The number of imidazole rings is 1. The van der Waals surface area contributed by atoms with Gasteiger partial charge in [0, 0.05) is 6.42 Å². The number of aryl methyl sites for hydroxylation is 3. The highest BCUT2D eigenvalue weighted by molar-refractivity contribution is 5.89. The normalized spacial score (nSPS) is 11.1. The van der Waals surface area contributed by atoms with Crippen molar-refractivity contribution in [2.24, 2.45) is 0 Å². The molecule has 3 rings (SSSR count). The fourth-order valence-corrected chi connectivity index (χ4v) is 2.91. The van der Waals surface area contributed by atoms with Crippen LogP contribution in [0.1, 0.15) is 39.8 Å². The van der Waals surface area contributed by atoms with E-state index in [9.17, 15) is 9.90 Å². The Morgan fingerprint density at radius 2 is 1.87 bits per heavy atom. The van der Waals surface area contributed by atoms with E-state index in [1.165, 1.54) is 11.1 Å². The minimum absolute atomic E-state index is 0.347. The van der Waals surface area contributed by atoms with Crippen LogP contribution in [0.4, 0.5) is 0 Å². The molecular weight excluding hydrogens is 288 g/mol. The molecule has 1 heterocycles. The number of benzene rings is 2. The van der Waals surface area contributed by atoms with Crippen LogP contribution in [-0.2, 0) is 13.0 Å². The summed E-state index contributed by atoms with van der Waals surface area (Å²) in [6.07, 6.45) is 0.808. The maximum Gasteiger partial charge on any atom is 0.336 e. The van der Waals surface area contributed by atoms with Crippen LogP contribution in [0.2, 0.25) is 0 Å². The molecule has 0 radical (unpaired) electrons. The van der Waals surface area contributed by atoms with Gasteiger partial charge in [0.2, 0.25) is 0 Å². The quantitative estimate of drug-likeness (QED) is 0.793. The second-order valence-electron chi connectivity index (χ2n) is 5.86. The van der Waals surface area contributed by atoms with Crippen molar-refractivity contribution >= 4 is 17.0 Å². The number of carbonyl (C=O) groups is 1. The van der Waals surface area contributed by atoms with Crippen LogP contribution in [0.5, 0.6) is 0 Å². The lowest BCUT2D eigenvalue weighted by Gasteiger charge is -2.11. The van der Waals surface area contributed by atoms with Gasteiger partial charge in [-0.2, -0.15) is 0 Å². The van der Waals surface area contributed by atoms with Crippen LogP contribution in [-0.4, -0.2) is 20.6 Å². The van der Waals surface area contributed by atoms with Crippen LogP contribution in [0.25, 0.3) is 11.0 Å². The summed E-state index contributed by atoms with van der Waals surface area (Å²) in [4.78, 5) is 16.2. The highest BCUT2D eigenvalue weighted by Crippen LogP contribution is 2.23. The number of carboxylic acids is 1. The van der Waals surface area contributed by atoms with E-state index in [0.717, 1.165) is 28.8 Å². The lowest BCUT2D eigenvalue weighted by molar-refractivity contribution is 0.0695. The molecule has 0 aliphatic carbocycles. The first-order valence-electron chi connectivity index (χ1n) is 7.78. The van der Waals surface area contributed by atoms with Crippen molar-refractivity contribution < 1.29 is 9.90 Å². The van der Waals surface area contributed by atoms with E-state index in [0.29, 0.717) is 12.1 Å². The molecule has 2 aromatic carbocycles. The Kier molecular flexibility index (Phi) is 3.90. The fraction of sp³-hybridized carbons (Fsp3) is 0.263. The third kappa shape index (κ3) is 2.72. The number of hydrogen-bond acceptors (Lipinski definition) is 2. The van der Waals surface area contributed by atoms with E-state index in [1.54, 1.807) is 12.1 Å². The topological polar surface area (TPSA) is 55.1 Å². The number of aromatic carboxylic acids is 1. The summed E-state index contributed by atoms with van der Waals surface area (Å²) in [6, 6.07) is 11.4. The molecule has 0 aliphatic heterocycles. The van der Waals surface area contributed by atoms with Crippen molar-refractivity contribution in [3.63, 3.8) is 0 Å². The molecule has 4 heteroatoms. The average Bonchev–Trinajstić information content (AvgIpc) is 2.85. The Morgan fingerprint density at radius 3 is 2.57 bits per heavy atom. The summed E-state index contributed by atoms with van der Waals surface area (Å²) in [5.41, 5.74) is 5.61. The number of nitrogens with zero attached hydrogens (tertiary/aromatic N) is 2. The zero-order chi connectivity index (χ0) is 16.6. The van der Waals surface area contributed by atoms with Gasteiger partial charge in [-0.15, -0.1) is 0 Å². The first kappa shape index (κ1) is 15.3. The summed E-state index contributed by atoms with van der Waals surface area (Å²) in [7, 11) is 0. The van der Waals surface area contributed by atoms with Gasteiger partial charge in [-0.25, -0.2) is 9.78 Å². The van der Waals surface area contributed by atoms with Gasteiger partial charge in [-0.1, -0.05) is 25.1 Å². The Balaban J connectivity index is 2.16. The number of carboxylic acid groups (broad SMARTS) is 1.